The minimum atomic E-state index is 0.467. The highest BCUT2D eigenvalue weighted by atomic mass is 35.5. The van der Waals surface area contributed by atoms with Crippen LogP contribution in [-0.2, 0) is 6.54 Å². The second-order valence-electron chi connectivity index (χ2n) is 3.10. The van der Waals surface area contributed by atoms with Crippen LogP contribution in [0.15, 0.2) is 12.1 Å². The molecule has 0 fully saturated rings. The predicted octanol–water partition coefficient (Wildman–Crippen LogP) is 2.08. The molecule has 0 aliphatic carbocycles. The lowest BCUT2D eigenvalue weighted by Gasteiger charge is -2.02. The van der Waals surface area contributed by atoms with Crippen molar-refractivity contribution in [1.82, 2.24) is 14.5 Å². The van der Waals surface area contributed by atoms with Crippen LogP contribution in [0.25, 0.3) is 11.2 Å². The Labute approximate surface area is 86.7 Å². The van der Waals surface area contributed by atoms with Gasteiger partial charge in [0.05, 0.1) is 0 Å². The summed E-state index contributed by atoms with van der Waals surface area (Å²) in [5.41, 5.74) is 7.31. The Morgan fingerprint density at radius 3 is 2.93 bits per heavy atom. The molecule has 0 amide bonds. The zero-order valence-corrected chi connectivity index (χ0v) is 8.62. The molecule has 2 rings (SSSR count). The zero-order chi connectivity index (χ0) is 10.1. The number of nitrogens with two attached hydrogens (primary N) is 1. The van der Waals surface area contributed by atoms with Crippen LogP contribution < -0.4 is 5.73 Å². The number of aryl methyl sites for hydroxylation is 1. The van der Waals surface area contributed by atoms with Gasteiger partial charge in [0.1, 0.15) is 10.7 Å². The quantitative estimate of drug-likeness (QED) is 0.773. The van der Waals surface area contributed by atoms with Crippen LogP contribution in [0.2, 0.25) is 5.15 Å². The summed E-state index contributed by atoms with van der Waals surface area (Å²) in [7, 11) is 0. The van der Waals surface area contributed by atoms with Gasteiger partial charge in [0.25, 0.3) is 0 Å². The Morgan fingerprint density at radius 1 is 1.43 bits per heavy atom. The summed E-state index contributed by atoms with van der Waals surface area (Å²) in [5, 5.41) is 0.467. The van der Waals surface area contributed by atoms with Crippen LogP contribution in [0, 0.1) is 0 Å². The van der Waals surface area contributed by atoms with Gasteiger partial charge >= 0.3 is 0 Å². The van der Waals surface area contributed by atoms with Crippen molar-refractivity contribution >= 4 is 28.7 Å². The highest BCUT2D eigenvalue weighted by Crippen LogP contribution is 2.18. The van der Waals surface area contributed by atoms with Gasteiger partial charge < -0.3 is 5.73 Å². The maximum absolute atomic E-state index is 5.81. The third kappa shape index (κ3) is 1.42. The molecule has 0 saturated heterocycles. The van der Waals surface area contributed by atoms with E-state index in [0.717, 1.165) is 24.1 Å². The van der Waals surface area contributed by atoms with Crippen molar-refractivity contribution < 1.29 is 0 Å². The number of nitrogens with zero attached hydrogens (tertiary/aromatic N) is 3. The number of nitrogen functional groups attached to an aromatic ring is 1. The maximum atomic E-state index is 5.81. The topological polar surface area (TPSA) is 56.7 Å². The van der Waals surface area contributed by atoms with Crippen molar-refractivity contribution in [2.75, 3.05) is 5.73 Å². The third-order valence-corrected chi connectivity index (χ3v) is 2.25. The Bertz CT molecular complexity index is 463. The summed E-state index contributed by atoms with van der Waals surface area (Å²) in [6.45, 7) is 2.89. The van der Waals surface area contributed by atoms with Gasteiger partial charge in [0.15, 0.2) is 5.65 Å². The van der Waals surface area contributed by atoms with E-state index >= 15 is 0 Å². The third-order valence-electron chi connectivity index (χ3n) is 2.03. The van der Waals surface area contributed by atoms with Crippen molar-refractivity contribution in [2.45, 2.75) is 19.9 Å². The Hall–Kier alpha value is -1.29. The number of aromatic nitrogens is 3. The predicted molar refractivity (Wildman–Crippen MR) is 57.2 cm³/mol. The van der Waals surface area contributed by atoms with E-state index in [0.29, 0.717) is 11.1 Å². The fourth-order valence-corrected chi connectivity index (χ4v) is 1.58. The summed E-state index contributed by atoms with van der Waals surface area (Å²) in [6.07, 6.45) is 0.990. The van der Waals surface area contributed by atoms with Crippen molar-refractivity contribution in [2.24, 2.45) is 0 Å². The molecule has 0 radical (unpaired) electrons. The van der Waals surface area contributed by atoms with Crippen molar-refractivity contribution in [3.63, 3.8) is 0 Å². The van der Waals surface area contributed by atoms with E-state index in [1.165, 1.54) is 0 Å². The molecule has 74 valence electrons. The number of imidazole rings is 1. The molecule has 14 heavy (non-hydrogen) atoms. The lowest BCUT2D eigenvalue weighted by Crippen LogP contribution is -2.03. The van der Waals surface area contributed by atoms with Crippen LogP contribution in [0.4, 0.5) is 5.95 Å². The van der Waals surface area contributed by atoms with Crippen molar-refractivity contribution in [3.8, 4) is 0 Å². The first-order chi connectivity index (χ1) is 6.72. The lowest BCUT2D eigenvalue weighted by atomic mass is 10.4. The van der Waals surface area contributed by atoms with Crippen molar-refractivity contribution in [1.29, 1.82) is 0 Å². The summed E-state index contributed by atoms with van der Waals surface area (Å²) in [6, 6.07) is 3.54. The van der Waals surface area contributed by atoms with Gasteiger partial charge in [-0.05, 0) is 18.6 Å². The Morgan fingerprint density at radius 2 is 2.21 bits per heavy atom. The average Bonchev–Trinajstić information content (AvgIpc) is 2.45. The van der Waals surface area contributed by atoms with E-state index in [4.69, 9.17) is 17.3 Å². The molecule has 0 aliphatic rings. The monoisotopic (exact) mass is 210 g/mol. The molecule has 5 heteroatoms. The summed E-state index contributed by atoms with van der Waals surface area (Å²) in [5.74, 6) is 0.497. The van der Waals surface area contributed by atoms with Gasteiger partial charge in [-0.15, -0.1) is 0 Å². The minimum Gasteiger partial charge on any atom is -0.369 e. The van der Waals surface area contributed by atoms with Gasteiger partial charge in [0, 0.05) is 6.54 Å². The largest absolute Gasteiger partial charge is 0.369 e. The smallest absolute Gasteiger partial charge is 0.202 e. The molecular weight excluding hydrogens is 200 g/mol. The van der Waals surface area contributed by atoms with Crippen LogP contribution in [0.5, 0.6) is 0 Å². The molecule has 2 heterocycles. The van der Waals surface area contributed by atoms with E-state index in [1.807, 2.05) is 10.6 Å². The molecule has 0 saturated carbocycles. The SMILES string of the molecule is CCCn1c(N)nc2ccc(Cl)nc21. The molecule has 0 aliphatic heterocycles. The first kappa shape index (κ1) is 9.27. The van der Waals surface area contributed by atoms with E-state index in [1.54, 1.807) is 6.07 Å². The number of anilines is 1. The number of pyridine rings is 1. The van der Waals surface area contributed by atoms with E-state index in [9.17, 15) is 0 Å². The second-order valence-corrected chi connectivity index (χ2v) is 3.49. The normalized spacial score (nSPS) is 11.0. The van der Waals surface area contributed by atoms with E-state index in [2.05, 4.69) is 16.9 Å². The number of hydrogen-bond acceptors (Lipinski definition) is 3. The maximum Gasteiger partial charge on any atom is 0.202 e. The van der Waals surface area contributed by atoms with Crippen LogP contribution in [0.1, 0.15) is 13.3 Å². The number of rotatable bonds is 2. The molecule has 0 spiro atoms. The molecule has 2 N–H and O–H groups in total. The average molecular weight is 211 g/mol. The van der Waals surface area contributed by atoms with E-state index in [-0.39, 0.29) is 0 Å². The summed E-state index contributed by atoms with van der Waals surface area (Å²) >= 11 is 5.81. The van der Waals surface area contributed by atoms with Gasteiger partial charge in [0.2, 0.25) is 5.95 Å². The molecular formula is C9H11ClN4. The molecule has 0 atom stereocenters. The second kappa shape index (κ2) is 3.46. The first-order valence-electron chi connectivity index (χ1n) is 4.50. The van der Waals surface area contributed by atoms with Crippen molar-refractivity contribution in [3.05, 3.63) is 17.3 Å². The van der Waals surface area contributed by atoms with E-state index < -0.39 is 0 Å². The fraction of sp³-hybridized carbons (Fsp3) is 0.333. The van der Waals surface area contributed by atoms with Crippen LogP contribution >= 0.6 is 11.6 Å². The minimum absolute atomic E-state index is 0.467. The van der Waals surface area contributed by atoms with Gasteiger partial charge in [-0.25, -0.2) is 9.97 Å². The Balaban J connectivity index is 2.66. The molecule has 0 aromatic carbocycles. The molecule has 0 bridgehead atoms. The standard InChI is InChI=1S/C9H11ClN4/c1-2-5-14-8-6(12-9(14)11)3-4-7(10)13-8/h3-4H,2,5H2,1H3,(H2,11,12). The lowest BCUT2D eigenvalue weighted by molar-refractivity contribution is 0.701. The molecule has 4 nitrogen and oxygen atoms in total. The van der Waals surface area contributed by atoms with Gasteiger partial charge in [-0.3, -0.25) is 4.57 Å². The molecule has 2 aromatic heterocycles. The zero-order valence-electron chi connectivity index (χ0n) is 7.87. The fourth-order valence-electron chi connectivity index (χ4n) is 1.44. The summed E-state index contributed by atoms with van der Waals surface area (Å²) < 4.78 is 1.88. The van der Waals surface area contributed by atoms with Crippen LogP contribution in [0.3, 0.4) is 0 Å². The molecule has 2 aromatic rings. The van der Waals surface area contributed by atoms with Gasteiger partial charge in [-0.2, -0.15) is 0 Å². The highest BCUT2D eigenvalue weighted by molar-refractivity contribution is 6.29. The highest BCUT2D eigenvalue weighted by Gasteiger charge is 2.08. The Kier molecular flexibility index (Phi) is 2.29. The van der Waals surface area contributed by atoms with Gasteiger partial charge in [-0.1, -0.05) is 18.5 Å². The first-order valence-corrected chi connectivity index (χ1v) is 4.88. The number of halogens is 1. The van der Waals surface area contributed by atoms with Crippen LogP contribution in [-0.4, -0.2) is 14.5 Å². The summed E-state index contributed by atoms with van der Waals surface area (Å²) in [4.78, 5) is 8.39. The number of fused-ring (bicyclic) bond motifs is 1. The molecule has 0 unspecified atom stereocenters. The number of hydrogen-bond donors (Lipinski definition) is 1.